The van der Waals surface area contributed by atoms with Gasteiger partial charge in [0.05, 0.1) is 0 Å². The van der Waals surface area contributed by atoms with Crippen LogP contribution >= 0.6 is 9.30 Å². The molecule has 0 heterocycles. The fraction of sp³-hybridized carbons (Fsp3) is 0. The molecule has 2 aromatic rings. The van der Waals surface area contributed by atoms with E-state index in [2.05, 4.69) is 14.6 Å². The van der Waals surface area contributed by atoms with Gasteiger partial charge < -0.3 is 5.32 Å². The van der Waals surface area contributed by atoms with E-state index >= 15 is 0 Å². The van der Waals surface area contributed by atoms with E-state index < -0.39 is 0 Å². The van der Waals surface area contributed by atoms with Gasteiger partial charge in [0, 0.05) is 0 Å². The summed E-state index contributed by atoms with van der Waals surface area (Å²) in [5.74, 6) is 0. The van der Waals surface area contributed by atoms with Crippen molar-refractivity contribution in [3.8, 4) is 0 Å². The average Bonchev–Trinajstić information content (AvgIpc) is 2.34. The molecule has 3 heteroatoms. The van der Waals surface area contributed by atoms with Gasteiger partial charge in [0.25, 0.3) is 0 Å². The van der Waals surface area contributed by atoms with E-state index in [1.165, 1.54) is 19.4 Å². The molecule has 0 radical (unpaired) electrons. The molecule has 2 aromatic carbocycles. The summed E-state index contributed by atoms with van der Waals surface area (Å²) in [4.78, 5) is 0. The predicted molar refractivity (Wildman–Crippen MR) is 61.4 cm³/mol. The summed E-state index contributed by atoms with van der Waals surface area (Å²) < 4.78 is 0. The molecular weight excluding hydrogens is 241 g/mol. The number of para-hydroxylation sites is 2. The van der Waals surface area contributed by atoms with Crippen LogP contribution in [0.4, 0.5) is 11.4 Å². The molecule has 0 saturated carbocycles. The van der Waals surface area contributed by atoms with Crippen molar-refractivity contribution >= 4 is 20.7 Å². The molecule has 0 aliphatic heterocycles. The van der Waals surface area contributed by atoms with Gasteiger partial charge in [0.2, 0.25) is 0 Å². The first-order chi connectivity index (χ1) is 7.45. The van der Waals surface area contributed by atoms with Crippen molar-refractivity contribution in [3.63, 3.8) is 0 Å². The summed E-state index contributed by atoms with van der Waals surface area (Å²) in [7, 11) is 4.64. The van der Waals surface area contributed by atoms with Crippen LogP contribution in [-0.2, 0) is 19.4 Å². The standard InChI is InChI=1S/C12H10N.ClH.Ti/c1-3-7-11(8-4-1)13-12-9-5-2-6-10-12;;/h1-10H;1H;/q-1;;+2/p-1. The monoisotopic (exact) mass is 251 g/mol. The SMILES string of the molecule is [Cl][Ti+].c1ccc([N-]c2ccccc2)cc1. The Morgan fingerprint density at radius 1 is 0.667 bits per heavy atom. The minimum atomic E-state index is 0.994. The first kappa shape index (κ1) is 12.3. The molecule has 0 saturated heterocycles. The van der Waals surface area contributed by atoms with Crippen LogP contribution in [0.1, 0.15) is 0 Å². The van der Waals surface area contributed by atoms with Gasteiger partial charge in [-0.25, -0.2) is 0 Å². The van der Waals surface area contributed by atoms with Gasteiger partial charge in [-0.05, 0) is 0 Å². The molecule has 0 aliphatic carbocycles. The summed E-state index contributed by atoms with van der Waals surface area (Å²) in [6, 6.07) is 19.9. The quantitative estimate of drug-likeness (QED) is 0.686. The van der Waals surface area contributed by atoms with E-state index in [0.717, 1.165) is 11.4 Å². The Bertz CT molecular complexity index is 326. The second kappa shape index (κ2) is 7.52. The average molecular weight is 252 g/mol. The zero-order valence-electron chi connectivity index (χ0n) is 8.10. The number of rotatable bonds is 2. The Labute approximate surface area is 106 Å². The minimum absolute atomic E-state index is 0.994. The summed E-state index contributed by atoms with van der Waals surface area (Å²) in [5, 5.41) is 4.44. The molecule has 74 valence electrons. The topological polar surface area (TPSA) is 14.1 Å². The van der Waals surface area contributed by atoms with Crippen LogP contribution in [0.2, 0.25) is 0 Å². The fourth-order valence-electron chi connectivity index (χ4n) is 1.15. The van der Waals surface area contributed by atoms with Crippen LogP contribution in [0.15, 0.2) is 60.7 Å². The van der Waals surface area contributed by atoms with Gasteiger partial charge in [0.1, 0.15) is 0 Å². The second-order valence-corrected chi connectivity index (χ2v) is 2.78. The minimum Gasteiger partial charge on any atom is -0.658 e. The number of nitrogens with zero attached hydrogens (tertiary/aromatic N) is 1. The first-order valence-electron chi connectivity index (χ1n) is 4.46. The molecule has 0 unspecified atom stereocenters. The largest absolute Gasteiger partial charge is 0.658 e. The summed E-state index contributed by atoms with van der Waals surface area (Å²) in [6.07, 6.45) is 0. The van der Waals surface area contributed by atoms with Crippen LogP contribution in [0.3, 0.4) is 0 Å². The first-order valence-corrected chi connectivity index (χ1v) is 6.61. The molecule has 15 heavy (non-hydrogen) atoms. The van der Waals surface area contributed by atoms with E-state index in [-0.39, 0.29) is 0 Å². The predicted octanol–water partition coefficient (Wildman–Crippen LogP) is 4.71. The molecule has 1 nitrogen and oxygen atoms in total. The van der Waals surface area contributed by atoms with Crippen molar-refractivity contribution in [1.82, 2.24) is 0 Å². The zero-order valence-corrected chi connectivity index (χ0v) is 10.4. The van der Waals surface area contributed by atoms with Crippen molar-refractivity contribution in [2.75, 3.05) is 0 Å². The fourth-order valence-corrected chi connectivity index (χ4v) is 1.15. The van der Waals surface area contributed by atoms with Crippen LogP contribution in [0, 0.1) is 0 Å². The van der Waals surface area contributed by atoms with Gasteiger partial charge in [-0.3, -0.25) is 0 Å². The van der Waals surface area contributed by atoms with E-state index in [0.29, 0.717) is 0 Å². The maximum Gasteiger partial charge on any atom is -0.0624 e. The number of halogens is 1. The Hall–Kier alpha value is -0.756. The van der Waals surface area contributed by atoms with Crippen molar-refractivity contribution in [1.29, 1.82) is 0 Å². The van der Waals surface area contributed by atoms with Crippen molar-refractivity contribution in [3.05, 3.63) is 66.0 Å². The Morgan fingerprint density at radius 2 is 1.00 bits per heavy atom. The maximum atomic E-state index is 4.64. The van der Waals surface area contributed by atoms with Gasteiger partial charge >= 0.3 is 28.7 Å². The molecule has 0 bridgehead atoms. The Balaban J connectivity index is 0.000000531. The molecule has 0 atom stereocenters. The number of hydrogen-bond donors (Lipinski definition) is 0. The molecule has 0 aliphatic rings. The van der Waals surface area contributed by atoms with Gasteiger partial charge in [-0.1, -0.05) is 60.7 Å². The number of hydrogen-bond acceptors (Lipinski definition) is 0. The van der Waals surface area contributed by atoms with Crippen LogP contribution in [0.25, 0.3) is 5.32 Å². The van der Waals surface area contributed by atoms with Crippen molar-refractivity contribution < 1.29 is 19.4 Å². The second-order valence-electron chi connectivity index (χ2n) is 2.78. The smallest absolute Gasteiger partial charge is 0.0624 e. The molecule has 0 amide bonds. The zero-order chi connectivity index (χ0) is 10.9. The van der Waals surface area contributed by atoms with Gasteiger partial charge in [0.15, 0.2) is 0 Å². The third-order valence-corrected chi connectivity index (χ3v) is 1.77. The molecule has 0 fully saturated rings. The van der Waals surface area contributed by atoms with Crippen molar-refractivity contribution in [2.45, 2.75) is 0 Å². The van der Waals surface area contributed by atoms with Crippen LogP contribution in [-0.4, -0.2) is 0 Å². The van der Waals surface area contributed by atoms with E-state index in [4.69, 9.17) is 0 Å². The third-order valence-electron chi connectivity index (χ3n) is 1.77. The van der Waals surface area contributed by atoms with E-state index in [1.54, 1.807) is 0 Å². The summed E-state index contributed by atoms with van der Waals surface area (Å²) >= 11 is 1.47. The molecule has 0 N–H and O–H groups in total. The van der Waals surface area contributed by atoms with Crippen LogP contribution in [0.5, 0.6) is 0 Å². The molecule has 0 spiro atoms. The molecular formula is C12H10ClNTi. The maximum absolute atomic E-state index is 4.64. The van der Waals surface area contributed by atoms with Crippen LogP contribution < -0.4 is 0 Å². The van der Waals surface area contributed by atoms with Crippen molar-refractivity contribution in [2.24, 2.45) is 0 Å². The Kier molecular flexibility index (Phi) is 6.18. The molecule has 0 aromatic heterocycles. The number of benzene rings is 2. The van der Waals surface area contributed by atoms with E-state index in [1.807, 2.05) is 60.7 Å². The van der Waals surface area contributed by atoms with Gasteiger partial charge in [-0.2, -0.15) is 0 Å². The summed E-state index contributed by atoms with van der Waals surface area (Å²) in [5.41, 5.74) is 1.99. The van der Waals surface area contributed by atoms with E-state index in [9.17, 15) is 0 Å². The normalized spacial score (nSPS) is 8.53. The van der Waals surface area contributed by atoms with Gasteiger partial charge in [-0.15, -0.1) is 11.4 Å². The third kappa shape index (κ3) is 4.52. The molecule has 2 rings (SSSR count). The summed E-state index contributed by atoms with van der Waals surface area (Å²) in [6.45, 7) is 0. The Morgan fingerprint density at radius 3 is 1.33 bits per heavy atom.